The third-order valence-electron chi connectivity index (χ3n) is 5.20. The van der Waals surface area contributed by atoms with E-state index in [1.54, 1.807) is 4.90 Å². The number of hydrogen-bond acceptors (Lipinski definition) is 2. The summed E-state index contributed by atoms with van der Waals surface area (Å²) in [5, 5.41) is 10.1. The maximum absolute atomic E-state index is 13.1. The number of amides is 1. The van der Waals surface area contributed by atoms with Gasteiger partial charge in [0.1, 0.15) is 5.82 Å². The molecule has 1 heterocycles. The first kappa shape index (κ1) is 17.6. The van der Waals surface area contributed by atoms with Crippen molar-refractivity contribution in [3.63, 3.8) is 0 Å². The van der Waals surface area contributed by atoms with Crippen LogP contribution in [0.5, 0.6) is 0 Å². The van der Waals surface area contributed by atoms with Crippen molar-refractivity contribution >= 4 is 5.91 Å². The molecule has 2 aromatic rings. The quantitative estimate of drug-likeness (QED) is 0.923. The number of hydrogen-bond donors (Lipinski definition) is 1. The Labute approximate surface area is 148 Å². The first-order chi connectivity index (χ1) is 12.0. The molecule has 4 heteroatoms. The number of rotatable bonds is 4. The van der Waals surface area contributed by atoms with E-state index in [0.717, 1.165) is 19.3 Å². The number of likely N-dealkylation sites (tertiary alicyclic amines) is 1. The van der Waals surface area contributed by atoms with E-state index in [4.69, 9.17) is 0 Å². The molecular formula is C21H24FNO2. The Morgan fingerprint density at radius 1 is 1.20 bits per heavy atom. The highest BCUT2D eigenvalue weighted by Gasteiger charge is 2.37. The maximum Gasteiger partial charge on any atom is 0.253 e. The number of nitrogens with zero attached hydrogens (tertiary/aromatic N) is 1. The molecular weight excluding hydrogens is 317 g/mol. The van der Waals surface area contributed by atoms with Gasteiger partial charge in [0, 0.05) is 24.1 Å². The van der Waals surface area contributed by atoms with E-state index in [1.807, 2.05) is 12.1 Å². The van der Waals surface area contributed by atoms with Gasteiger partial charge in [-0.15, -0.1) is 0 Å². The van der Waals surface area contributed by atoms with Crippen molar-refractivity contribution < 1.29 is 14.3 Å². The number of aliphatic hydroxyl groups excluding tert-OH is 1. The average Bonchev–Trinajstić information content (AvgIpc) is 2.64. The Morgan fingerprint density at radius 2 is 1.92 bits per heavy atom. The average molecular weight is 341 g/mol. The van der Waals surface area contributed by atoms with E-state index >= 15 is 0 Å². The van der Waals surface area contributed by atoms with Crippen LogP contribution in [0.25, 0.3) is 0 Å². The minimum absolute atomic E-state index is 0.0501. The van der Waals surface area contributed by atoms with Crippen LogP contribution in [0.4, 0.5) is 4.39 Å². The summed E-state index contributed by atoms with van der Waals surface area (Å²) in [6, 6.07) is 13.8. The first-order valence-corrected chi connectivity index (χ1v) is 8.73. The summed E-state index contributed by atoms with van der Waals surface area (Å²) in [6.45, 7) is 3.32. The van der Waals surface area contributed by atoms with Crippen LogP contribution in [-0.2, 0) is 6.42 Å². The molecule has 132 valence electrons. The van der Waals surface area contributed by atoms with Crippen molar-refractivity contribution in [1.29, 1.82) is 0 Å². The highest BCUT2D eigenvalue weighted by Crippen LogP contribution is 2.34. The van der Waals surface area contributed by atoms with E-state index in [1.165, 1.54) is 35.4 Å². The number of aryl methyl sites for hydroxylation is 1. The molecule has 1 fully saturated rings. The lowest BCUT2D eigenvalue weighted by molar-refractivity contribution is 0.0271. The van der Waals surface area contributed by atoms with Crippen LogP contribution in [0.3, 0.4) is 0 Å². The molecule has 1 aliphatic heterocycles. The van der Waals surface area contributed by atoms with Crippen LogP contribution in [0.1, 0.15) is 34.3 Å². The summed E-state index contributed by atoms with van der Waals surface area (Å²) in [6.07, 6.45) is 2.51. The van der Waals surface area contributed by atoms with Crippen LogP contribution in [0, 0.1) is 18.2 Å². The Bertz CT molecular complexity index is 744. The van der Waals surface area contributed by atoms with Gasteiger partial charge in [0.05, 0.1) is 6.61 Å². The third kappa shape index (κ3) is 3.90. The Kier molecular flexibility index (Phi) is 5.19. The van der Waals surface area contributed by atoms with Crippen molar-refractivity contribution in [2.45, 2.75) is 26.2 Å². The van der Waals surface area contributed by atoms with Gasteiger partial charge in [0.25, 0.3) is 5.91 Å². The molecule has 0 saturated carbocycles. The Balaban J connectivity index is 1.79. The van der Waals surface area contributed by atoms with Gasteiger partial charge in [0.15, 0.2) is 0 Å². The van der Waals surface area contributed by atoms with Crippen molar-refractivity contribution in [3.8, 4) is 0 Å². The lowest BCUT2D eigenvalue weighted by atomic mass is 9.75. The number of aliphatic hydroxyl groups is 1. The van der Waals surface area contributed by atoms with Gasteiger partial charge in [-0.25, -0.2) is 4.39 Å². The topological polar surface area (TPSA) is 40.5 Å². The van der Waals surface area contributed by atoms with Crippen LogP contribution < -0.4 is 0 Å². The molecule has 25 heavy (non-hydrogen) atoms. The summed E-state index contributed by atoms with van der Waals surface area (Å²) in [4.78, 5) is 14.6. The largest absolute Gasteiger partial charge is 0.396 e. The molecule has 1 aliphatic rings. The van der Waals surface area contributed by atoms with Crippen LogP contribution in [-0.4, -0.2) is 35.6 Å². The van der Waals surface area contributed by atoms with E-state index in [9.17, 15) is 14.3 Å². The zero-order valence-corrected chi connectivity index (χ0v) is 14.5. The lowest BCUT2D eigenvalue weighted by Crippen LogP contribution is -2.49. The predicted octanol–water partition coefficient (Wildman–Crippen LogP) is 3.59. The molecule has 1 N–H and O–H groups in total. The number of piperidine rings is 1. The fourth-order valence-corrected chi connectivity index (χ4v) is 3.70. The van der Waals surface area contributed by atoms with E-state index in [0.29, 0.717) is 18.7 Å². The lowest BCUT2D eigenvalue weighted by Gasteiger charge is -2.42. The smallest absolute Gasteiger partial charge is 0.253 e. The van der Waals surface area contributed by atoms with E-state index in [-0.39, 0.29) is 23.7 Å². The molecule has 1 saturated heterocycles. The zero-order valence-electron chi connectivity index (χ0n) is 14.5. The summed E-state index contributed by atoms with van der Waals surface area (Å²) in [7, 11) is 0. The highest BCUT2D eigenvalue weighted by molar-refractivity contribution is 5.94. The van der Waals surface area contributed by atoms with Gasteiger partial charge in [0.2, 0.25) is 0 Å². The molecule has 2 aromatic carbocycles. The minimum atomic E-state index is -0.348. The Morgan fingerprint density at radius 3 is 2.60 bits per heavy atom. The van der Waals surface area contributed by atoms with E-state index < -0.39 is 0 Å². The van der Waals surface area contributed by atoms with Crippen LogP contribution in [0.2, 0.25) is 0 Å². The molecule has 1 amide bonds. The highest BCUT2D eigenvalue weighted by atomic mass is 19.1. The number of benzene rings is 2. The molecule has 0 radical (unpaired) electrons. The van der Waals surface area contributed by atoms with Crippen molar-refractivity contribution in [1.82, 2.24) is 4.90 Å². The molecule has 3 nitrogen and oxygen atoms in total. The zero-order chi connectivity index (χ0) is 17.9. The van der Waals surface area contributed by atoms with Gasteiger partial charge in [-0.1, -0.05) is 24.3 Å². The van der Waals surface area contributed by atoms with Crippen LogP contribution >= 0.6 is 0 Å². The second-order valence-corrected chi connectivity index (χ2v) is 7.10. The predicted molar refractivity (Wildman–Crippen MR) is 95.9 cm³/mol. The van der Waals surface area contributed by atoms with E-state index in [2.05, 4.69) is 19.1 Å². The summed E-state index contributed by atoms with van der Waals surface area (Å²) < 4.78 is 13.1. The third-order valence-corrected chi connectivity index (χ3v) is 5.20. The van der Waals surface area contributed by atoms with Gasteiger partial charge < -0.3 is 10.0 Å². The van der Waals surface area contributed by atoms with Crippen molar-refractivity contribution in [3.05, 3.63) is 71.0 Å². The van der Waals surface area contributed by atoms with Crippen molar-refractivity contribution in [2.75, 3.05) is 19.7 Å². The molecule has 0 aliphatic carbocycles. The van der Waals surface area contributed by atoms with Gasteiger partial charge >= 0.3 is 0 Å². The number of carbonyl (C=O) groups is 1. The molecule has 0 spiro atoms. The first-order valence-electron chi connectivity index (χ1n) is 8.73. The number of halogens is 1. The van der Waals surface area contributed by atoms with Crippen molar-refractivity contribution in [2.24, 2.45) is 5.41 Å². The fourth-order valence-electron chi connectivity index (χ4n) is 3.70. The maximum atomic E-state index is 13.1. The molecule has 0 unspecified atom stereocenters. The molecule has 0 aromatic heterocycles. The second-order valence-electron chi connectivity index (χ2n) is 7.10. The number of carbonyl (C=O) groups excluding carboxylic acids is 1. The SMILES string of the molecule is Cc1ccccc1C[C@]1(CO)CCCN(C(=O)c2ccc(F)cc2)C1. The molecule has 0 bridgehead atoms. The standard InChI is InChI=1S/C21H24FNO2/c1-16-5-2-3-6-18(16)13-21(15-24)11-4-12-23(14-21)20(25)17-7-9-19(22)10-8-17/h2-3,5-10,24H,4,11-15H2,1H3/t21-/m1/s1. The molecule has 1 atom stereocenters. The Hall–Kier alpha value is -2.20. The molecule has 3 rings (SSSR count). The second kappa shape index (κ2) is 7.36. The summed E-state index contributed by atoms with van der Waals surface area (Å²) in [5.74, 6) is -0.443. The minimum Gasteiger partial charge on any atom is -0.396 e. The van der Waals surface area contributed by atoms with Gasteiger partial charge in [-0.3, -0.25) is 4.79 Å². The monoisotopic (exact) mass is 341 g/mol. The van der Waals surface area contributed by atoms with Crippen LogP contribution in [0.15, 0.2) is 48.5 Å². The van der Waals surface area contributed by atoms with Gasteiger partial charge in [-0.05, 0) is 61.6 Å². The summed E-state index contributed by atoms with van der Waals surface area (Å²) >= 11 is 0. The summed E-state index contributed by atoms with van der Waals surface area (Å²) in [5.41, 5.74) is 2.59. The van der Waals surface area contributed by atoms with Gasteiger partial charge in [-0.2, -0.15) is 0 Å². The normalized spacial score (nSPS) is 20.5. The fraction of sp³-hybridized carbons (Fsp3) is 0.381.